The van der Waals surface area contributed by atoms with Crippen molar-refractivity contribution in [3.05, 3.63) is 64.2 Å². The monoisotopic (exact) mass is 376 g/mol. The van der Waals surface area contributed by atoms with Gasteiger partial charge in [0.25, 0.3) is 0 Å². The van der Waals surface area contributed by atoms with E-state index in [0.717, 1.165) is 13.2 Å². The zero-order valence-electron chi connectivity index (χ0n) is 12.9. The molecule has 0 spiro atoms. The maximum absolute atomic E-state index is 13.8. The molecule has 0 radical (unpaired) electrons. The molecule has 1 aromatic heterocycles. The summed E-state index contributed by atoms with van der Waals surface area (Å²) in [5.74, 6) is -1.93. The zero-order chi connectivity index (χ0) is 18.8. The molecule has 0 aliphatic rings. The number of nitrogens with two attached hydrogens (primary N) is 1. The van der Waals surface area contributed by atoms with Crippen molar-refractivity contribution in [1.29, 1.82) is 0 Å². The molecule has 1 heterocycles. The van der Waals surface area contributed by atoms with Gasteiger partial charge in [-0.3, -0.25) is 9.78 Å². The second-order valence-electron chi connectivity index (χ2n) is 5.31. The number of methoxy groups -OCH3 is 1. The van der Waals surface area contributed by atoms with Gasteiger partial charge in [0.2, 0.25) is 0 Å². The molecule has 0 amide bonds. The molecule has 1 atom stereocenters. The van der Waals surface area contributed by atoms with E-state index in [1.807, 2.05) is 0 Å². The van der Waals surface area contributed by atoms with Crippen LogP contribution >= 0.6 is 11.6 Å². The first-order valence-electron chi connectivity index (χ1n) is 6.92. The summed E-state index contributed by atoms with van der Waals surface area (Å²) in [7, 11) is 1.10. The van der Waals surface area contributed by atoms with Gasteiger partial charge in [-0.15, -0.1) is 0 Å². The number of ether oxygens (including phenoxy) is 1. The quantitative estimate of drug-likeness (QED) is 0.653. The topological polar surface area (TPSA) is 65.2 Å². The van der Waals surface area contributed by atoms with Gasteiger partial charge in [-0.05, 0) is 35.9 Å². The van der Waals surface area contributed by atoms with Crippen LogP contribution in [0.1, 0.15) is 23.2 Å². The van der Waals surface area contributed by atoms with E-state index in [2.05, 4.69) is 9.72 Å². The lowest BCUT2D eigenvalue weighted by atomic mass is 9.83. The Balaban J connectivity index is 2.65. The van der Waals surface area contributed by atoms with Crippen molar-refractivity contribution in [3.8, 4) is 0 Å². The number of halogens is 5. The number of carbonyl (C=O) groups excluding carboxylic acids is 1. The van der Waals surface area contributed by atoms with E-state index in [9.17, 15) is 22.4 Å². The van der Waals surface area contributed by atoms with E-state index in [0.29, 0.717) is 12.1 Å². The van der Waals surface area contributed by atoms with Crippen LogP contribution in [-0.2, 0) is 21.2 Å². The molecule has 4 nitrogen and oxygen atoms in total. The molecular weight excluding hydrogens is 364 g/mol. The van der Waals surface area contributed by atoms with Gasteiger partial charge in [-0.1, -0.05) is 11.6 Å². The molecule has 2 aromatic rings. The van der Waals surface area contributed by atoms with E-state index in [-0.39, 0.29) is 16.3 Å². The predicted molar refractivity (Wildman–Crippen MR) is 82.2 cm³/mol. The Morgan fingerprint density at radius 2 is 1.88 bits per heavy atom. The van der Waals surface area contributed by atoms with Crippen LogP contribution in [-0.4, -0.2) is 18.1 Å². The lowest BCUT2D eigenvalue weighted by Gasteiger charge is -2.29. The van der Waals surface area contributed by atoms with Crippen LogP contribution in [0.2, 0.25) is 5.02 Å². The van der Waals surface area contributed by atoms with E-state index >= 15 is 0 Å². The highest BCUT2D eigenvalue weighted by Crippen LogP contribution is 2.36. The number of hydrogen-bond donors (Lipinski definition) is 1. The van der Waals surface area contributed by atoms with E-state index < -0.39 is 35.5 Å². The van der Waals surface area contributed by atoms with E-state index in [4.69, 9.17) is 17.3 Å². The fourth-order valence-electron chi connectivity index (χ4n) is 2.29. The van der Waals surface area contributed by atoms with Crippen molar-refractivity contribution in [2.45, 2.75) is 18.1 Å². The fraction of sp³-hybridized carbons (Fsp3) is 0.250. The van der Waals surface area contributed by atoms with Crippen molar-refractivity contribution in [1.82, 2.24) is 4.98 Å². The molecule has 2 rings (SSSR count). The van der Waals surface area contributed by atoms with Gasteiger partial charge in [0, 0.05) is 6.20 Å². The third kappa shape index (κ3) is 4.26. The third-order valence-electron chi connectivity index (χ3n) is 3.58. The third-order valence-corrected chi connectivity index (χ3v) is 3.80. The number of alkyl halides is 3. The number of nitrogens with zero attached hydrogens (tertiary/aromatic N) is 1. The van der Waals surface area contributed by atoms with Crippen LogP contribution in [0.4, 0.5) is 17.6 Å². The van der Waals surface area contributed by atoms with Gasteiger partial charge in [-0.25, -0.2) is 4.39 Å². The minimum atomic E-state index is -4.78. The SMILES string of the molecule is COC(=O)C[C@](N)(c1cc(F)cc(C(F)(F)F)c1)c1ccc(Cl)cn1. The molecule has 25 heavy (non-hydrogen) atoms. The molecule has 0 fully saturated rings. The van der Waals surface area contributed by atoms with Crippen molar-refractivity contribution >= 4 is 17.6 Å². The van der Waals surface area contributed by atoms with Gasteiger partial charge in [0.15, 0.2) is 0 Å². The Bertz CT molecular complexity index is 781. The second-order valence-corrected chi connectivity index (χ2v) is 5.75. The molecule has 0 saturated carbocycles. The lowest BCUT2D eigenvalue weighted by molar-refractivity contribution is -0.141. The molecule has 1 aromatic carbocycles. The molecule has 9 heteroatoms. The first-order valence-corrected chi connectivity index (χ1v) is 7.30. The first-order chi connectivity index (χ1) is 11.6. The Kier molecular flexibility index (Phi) is 5.34. The summed E-state index contributed by atoms with van der Waals surface area (Å²) in [5, 5.41) is 0.263. The highest BCUT2D eigenvalue weighted by molar-refractivity contribution is 6.30. The normalized spacial score (nSPS) is 14.0. The number of pyridine rings is 1. The molecule has 2 N–H and O–H groups in total. The zero-order valence-corrected chi connectivity index (χ0v) is 13.7. The Hall–Kier alpha value is -2.19. The molecule has 0 bridgehead atoms. The highest BCUT2D eigenvalue weighted by Gasteiger charge is 2.38. The lowest BCUT2D eigenvalue weighted by Crippen LogP contribution is -2.41. The minimum absolute atomic E-state index is 0.0426. The summed E-state index contributed by atoms with van der Waals surface area (Å²) in [5.41, 5.74) is 2.93. The number of carbonyl (C=O) groups is 1. The standard InChI is InChI=1S/C16H13ClF4N2O2/c1-25-14(24)7-15(22,13-3-2-11(17)8-23-13)9-4-10(16(19,20)21)6-12(18)5-9/h2-6,8H,7,22H2,1H3/t15-/m0/s1. The maximum atomic E-state index is 13.8. The Morgan fingerprint density at radius 1 is 1.24 bits per heavy atom. The first kappa shape index (κ1) is 19.1. The fourth-order valence-corrected chi connectivity index (χ4v) is 2.40. The van der Waals surface area contributed by atoms with Crippen LogP contribution in [0.25, 0.3) is 0 Å². The summed E-state index contributed by atoms with van der Waals surface area (Å²) in [6.07, 6.45) is -4.10. The molecule has 0 unspecified atom stereocenters. The number of aromatic nitrogens is 1. The summed E-state index contributed by atoms with van der Waals surface area (Å²) >= 11 is 5.75. The predicted octanol–water partition coefficient (Wildman–Crippen LogP) is 3.66. The maximum Gasteiger partial charge on any atom is 0.416 e. The van der Waals surface area contributed by atoms with Crippen LogP contribution < -0.4 is 5.73 Å². The molecule has 0 aliphatic carbocycles. The van der Waals surface area contributed by atoms with Gasteiger partial charge in [0.05, 0.1) is 35.3 Å². The summed E-state index contributed by atoms with van der Waals surface area (Å²) < 4.78 is 57.3. The van der Waals surface area contributed by atoms with Crippen LogP contribution in [0.3, 0.4) is 0 Å². The number of benzene rings is 1. The van der Waals surface area contributed by atoms with Crippen LogP contribution in [0, 0.1) is 5.82 Å². The number of hydrogen-bond acceptors (Lipinski definition) is 4. The Morgan fingerprint density at radius 3 is 2.40 bits per heavy atom. The molecule has 134 valence electrons. The van der Waals surface area contributed by atoms with Crippen LogP contribution in [0.5, 0.6) is 0 Å². The summed E-state index contributed by atoms with van der Waals surface area (Å²) in [6, 6.07) is 4.62. The van der Waals surface area contributed by atoms with Crippen molar-refractivity contribution in [2.24, 2.45) is 5.73 Å². The van der Waals surface area contributed by atoms with Crippen molar-refractivity contribution in [3.63, 3.8) is 0 Å². The highest BCUT2D eigenvalue weighted by atomic mass is 35.5. The van der Waals surface area contributed by atoms with Gasteiger partial charge in [0.1, 0.15) is 5.82 Å². The Labute approximate surface area is 145 Å². The van der Waals surface area contributed by atoms with Gasteiger partial charge in [-0.2, -0.15) is 13.2 Å². The summed E-state index contributed by atoms with van der Waals surface area (Å²) in [6.45, 7) is 0. The van der Waals surface area contributed by atoms with Gasteiger partial charge < -0.3 is 10.5 Å². The summed E-state index contributed by atoms with van der Waals surface area (Å²) in [4.78, 5) is 15.7. The number of rotatable bonds is 4. The van der Waals surface area contributed by atoms with Crippen LogP contribution in [0.15, 0.2) is 36.5 Å². The molecular formula is C16H13ClF4N2O2. The van der Waals surface area contributed by atoms with Crippen molar-refractivity contribution < 1.29 is 27.1 Å². The average Bonchev–Trinajstić information content (AvgIpc) is 2.53. The molecule has 0 saturated heterocycles. The minimum Gasteiger partial charge on any atom is -0.469 e. The molecule has 0 aliphatic heterocycles. The number of esters is 1. The largest absolute Gasteiger partial charge is 0.469 e. The van der Waals surface area contributed by atoms with Gasteiger partial charge >= 0.3 is 12.1 Å². The van der Waals surface area contributed by atoms with E-state index in [1.54, 1.807) is 0 Å². The average molecular weight is 377 g/mol. The second kappa shape index (κ2) is 6.97. The van der Waals surface area contributed by atoms with E-state index in [1.165, 1.54) is 18.3 Å². The smallest absolute Gasteiger partial charge is 0.416 e. The van der Waals surface area contributed by atoms with Crippen molar-refractivity contribution in [2.75, 3.05) is 7.11 Å².